The molecule has 0 unspecified atom stereocenters. The molecule has 4 aromatic rings. The molecule has 0 aliphatic carbocycles. The number of nitrogens with two attached hydrogens (primary N) is 3. The number of carbonyl (C=O) groups excluding carboxylic acids is 5. The van der Waals surface area contributed by atoms with Crippen molar-refractivity contribution in [2.45, 2.75) is 111 Å². The Labute approximate surface area is 383 Å². The lowest BCUT2D eigenvalue weighted by atomic mass is 9.85. The van der Waals surface area contributed by atoms with Crippen molar-refractivity contribution in [3.05, 3.63) is 87.8 Å². The number of pyridine rings is 1. The summed E-state index contributed by atoms with van der Waals surface area (Å²) in [5.41, 5.74) is 25.1. The van der Waals surface area contributed by atoms with Crippen molar-refractivity contribution in [3.8, 4) is 21.6 Å². The lowest BCUT2D eigenvalue weighted by molar-refractivity contribution is -0.144. The number of hydrogen-bond donors (Lipinski definition) is 8. The second-order valence-corrected chi connectivity index (χ2v) is 18.3. The number of aryl methyl sites for hydroxylation is 1. The molecule has 18 heteroatoms. The van der Waals surface area contributed by atoms with Crippen LogP contribution in [0.25, 0.3) is 27.6 Å². The summed E-state index contributed by atoms with van der Waals surface area (Å²) in [6.45, 7) is 11.1. The van der Waals surface area contributed by atoms with E-state index in [4.69, 9.17) is 17.2 Å². The molecule has 0 radical (unpaired) electrons. The second-order valence-electron chi connectivity index (χ2n) is 17.4. The number of nitrogens with one attached hydrogen (secondary N) is 4. The maximum Gasteiger partial charge on any atom is 0.246 e. The number of halogens is 1. The minimum Gasteiger partial charge on any atom is -0.397 e. The van der Waals surface area contributed by atoms with Crippen LogP contribution in [-0.4, -0.2) is 80.8 Å². The van der Waals surface area contributed by atoms with E-state index < -0.39 is 53.0 Å². The molecule has 1 saturated heterocycles. The summed E-state index contributed by atoms with van der Waals surface area (Å²) >= 11 is 1.55. The van der Waals surface area contributed by atoms with Crippen molar-refractivity contribution >= 4 is 58.3 Å². The van der Waals surface area contributed by atoms with Crippen LogP contribution in [-0.2, 0) is 36.9 Å². The third-order valence-electron chi connectivity index (χ3n) is 11.3. The smallest absolute Gasteiger partial charge is 0.246 e. The average Bonchev–Trinajstić information content (AvgIpc) is 3.87. The first-order valence-corrected chi connectivity index (χ1v) is 22.6. The molecule has 1 aliphatic heterocycles. The van der Waals surface area contributed by atoms with Crippen LogP contribution >= 0.6 is 11.3 Å². The van der Waals surface area contributed by atoms with Gasteiger partial charge < -0.3 is 48.5 Å². The molecular formula is C47H61FN10O6S. The monoisotopic (exact) mass is 912 g/mol. The second kappa shape index (κ2) is 22.0. The van der Waals surface area contributed by atoms with E-state index in [1.54, 1.807) is 50.6 Å². The zero-order valence-electron chi connectivity index (χ0n) is 37.8. The number of amides is 5. The highest BCUT2D eigenvalue weighted by atomic mass is 32.1. The Balaban J connectivity index is 1.08. The van der Waals surface area contributed by atoms with Gasteiger partial charge in [0.25, 0.3) is 0 Å². The van der Waals surface area contributed by atoms with Gasteiger partial charge in [0.05, 0.1) is 39.8 Å². The number of nitrogen functional groups attached to an aromatic ring is 2. The minimum absolute atomic E-state index is 0.00747. The number of aliphatic hydroxyl groups is 1. The molecule has 0 bridgehead atoms. The van der Waals surface area contributed by atoms with Crippen molar-refractivity contribution < 1.29 is 33.5 Å². The van der Waals surface area contributed by atoms with Gasteiger partial charge >= 0.3 is 0 Å². The van der Waals surface area contributed by atoms with E-state index in [0.29, 0.717) is 40.8 Å². The zero-order valence-corrected chi connectivity index (χ0v) is 38.7. The third-order valence-corrected chi connectivity index (χ3v) is 12.3. The molecule has 3 heterocycles. The maximum atomic E-state index is 15.5. The van der Waals surface area contributed by atoms with E-state index in [2.05, 4.69) is 31.2 Å². The predicted octanol–water partition coefficient (Wildman–Crippen LogP) is 4.60. The fourth-order valence-corrected chi connectivity index (χ4v) is 8.47. The normalized spacial score (nSPS) is 15.6. The van der Waals surface area contributed by atoms with Gasteiger partial charge in [0, 0.05) is 62.6 Å². The number of rotatable bonds is 18. The van der Waals surface area contributed by atoms with Gasteiger partial charge in [0.2, 0.25) is 29.5 Å². The number of carbonyl (C=O) groups is 5. The summed E-state index contributed by atoms with van der Waals surface area (Å²) in [6, 6.07) is 7.41. The highest BCUT2D eigenvalue weighted by Gasteiger charge is 2.44. The van der Waals surface area contributed by atoms with Crippen LogP contribution in [0, 0.1) is 25.1 Å². The standard InChI is InChI=1S/C47H61FN10O6S/c1-7-9-32-30(18-33(41(48)42(32)51)34-22-52-23-35(49)26(34)2)19-37(50)56-39(61)11-8-10-38(60)53-17-16-40(62)57-44(47(4,5)6)46(64)58-24-31(59)20-36(58)45(63)54-21-28-12-14-29(15-13-28)43-27(3)55-25-65-43/h12-15,18-19,22-23,25,31,36,44,59H,7-11,16-17,20-21,24,49-51H2,1-6H3,(H,53,60)(H,54,63)(H,56,61)(H,57,62)/b37-19+/t31-,36+,44-/m1/s1. The molecule has 1 aliphatic rings. The summed E-state index contributed by atoms with van der Waals surface area (Å²) in [5, 5.41) is 21.5. The number of thiazole rings is 1. The van der Waals surface area contributed by atoms with Crippen LogP contribution in [0.15, 0.2) is 54.1 Å². The Bertz CT molecular complexity index is 2410. The van der Waals surface area contributed by atoms with E-state index >= 15 is 4.39 Å². The van der Waals surface area contributed by atoms with E-state index in [1.807, 2.05) is 38.1 Å². The molecule has 5 amide bonds. The van der Waals surface area contributed by atoms with Crippen molar-refractivity contribution in [2.75, 3.05) is 24.6 Å². The van der Waals surface area contributed by atoms with Gasteiger partial charge in [-0.25, -0.2) is 9.37 Å². The molecule has 5 rings (SSSR count). The Hall–Kier alpha value is -6.40. The number of nitrogens with zero attached hydrogens (tertiary/aromatic N) is 3. The maximum absolute atomic E-state index is 15.5. The van der Waals surface area contributed by atoms with Gasteiger partial charge in [-0.2, -0.15) is 0 Å². The van der Waals surface area contributed by atoms with E-state index in [9.17, 15) is 29.1 Å². The Morgan fingerprint density at radius 3 is 2.37 bits per heavy atom. The number of benzene rings is 2. The summed E-state index contributed by atoms with van der Waals surface area (Å²) in [4.78, 5) is 76.8. The fraction of sp³-hybridized carbons (Fsp3) is 0.426. The summed E-state index contributed by atoms with van der Waals surface area (Å²) in [7, 11) is 0. The molecule has 1 fully saturated rings. The fourth-order valence-electron chi connectivity index (χ4n) is 7.66. The van der Waals surface area contributed by atoms with Crippen LogP contribution in [0.1, 0.15) is 94.2 Å². The lowest BCUT2D eigenvalue weighted by Crippen LogP contribution is -2.57. The number of anilines is 2. The quantitative estimate of drug-likeness (QED) is 0.0640. The molecule has 2 aromatic heterocycles. The SMILES string of the molecule is CCCc1c(/C=C(\N)NC(=O)CCCC(=O)NCCC(=O)N[C@H](C(=O)N2C[C@H](O)C[C@H]2C(=O)NCc2ccc(-c3scnc3C)cc2)C(C)(C)C)cc(-c2cncc(N)c2C)c(F)c1N. The molecule has 11 N–H and O–H groups in total. The topological polar surface area (TPSA) is 261 Å². The highest BCUT2D eigenvalue weighted by molar-refractivity contribution is 7.13. The van der Waals surface area contributed by atoms with E-state index in [0.717, 1.165) is 21.7 Å². The molecule has 65 heavy (non-hydrogen) atoms. The van der Waals surface area contributed by atoms with Crippen LogP contribution in [0.5, 0.6) is 0 Å². The summed E-state index contributed by atoms with van der Waals surface area (Å²) < 4.78 is 15.5. The van der Waals surface area contributed by atoms with Crippen LogP contribution in [0.4, 0.5) is 15.8 Å². The van der Waals surface area contributed by atoms with Crippen molar-refractivity contribution in [1.82, 2.24) is 36.1 Å². The molecule has 3 atom stereocenters. The Morgan fingerprint density at radius 1 is 1.00 bits per heavy atom. The van der Waals surface area contributed by atoms with Gasteiger partial charge in [0.15, 0.2) is 5.82 Å². The largest absolute Gasteiger partial charge is 0.397 e. The molecule has 0 spiro atoms. The predicted molar refractivity (Wildman–Crippen MR) is 251 cm³/mol. The van der Waals surface area contributed by atoms with Crippen molar-refractivity contribution in [1.29, 1.82) is 0 Å². The van der Waals surface area contributed by atoms with Gasteiger partial charge in [-0.1, -0.05) is 58.4 Å². The van der Waals surface area contributed by atoms with Crippen LogP contribution in [0.2, 0.25) is 0 Å². The van der Waals surface area contributed by atoms with Gasteiger partial charge in [0.1, 0.15) is 17.9 Å². The van der Waals surface area contributed by atoms with Gasteiger partial charge in [-0.15, -0.1) is 11.3 Å². The minimum atomic E-state index is -1.03. The van der Waals surface area contributed by atoms with E-state index in [-0.39, 0.29) is 74.7 Å². The van der Waals surface area contributed by atoms with Crippen molar-refractivity contribution in [3.63, 3.8) is 0 Å². The number of likely N-dealkylation sites (tertiary alicyclic amines) is 1. The third kappa shape index (κ3) is 12.9. The first-order valence-electron chi connectivity index (χ1n) is 21.7. The zero-order chi connectivity index (χ0) is 47.6. The average molecular weight is 913 g/mol. The van der Waals surface area contributed by atoms with Crippen molar-refractivity contribution in [2.24, 2.45) is 11.1 Å². The van der Waals surface area contributed by atoms with Gasteiger partial charge in [-0.05, 0) is 72.1 Å². The Kier molecular flexibility index (Phi) is 16.8. The highest BCUT2D eigenvalue weighted by Crippen LogP contribution is 2.36. The number of β-amino-alcohol motifs (C(OH)–C–C–N with tert-alkyl or cyclic N) is 1. The first kappa shape index (κ1) is 49.6. The first-order chi connectivity index (χ1) is 30.8. The Morgan fingerprint density at radius 2 is 1.71 bits per heavy atom. The van der Waals surface area contributed by atoms with Crippen LogP contribution < -0.4 is 38.5 Å². The molecule has 0 saturated carbocycles. The van der Waals surface area contributed by atoms with Crippen LogP contribution in [0.3, 0.4) is 0 Å². The molecule has 16 nitrogen and oxygen atoms in total. The summed E-state index contributed by atoms with van der Waals surface area (Å²) in [5.74, 6) is -2.81. The van der Waals surface area contributed by atoms with E-state index in [1.165, 1.54) is 23.4 Å². The molecule has 2 aromatic carbocycles. The van der Waals surface area contributed by atoms with Gasteiger partial charge in [-0.3, -0.25) is 29.0 Å². The number of aliphatic hydroxyl groups excluding tert-OH is 1. The lowest BCUT2D eigenvalue weighted by Gasteiger charge is -2.35. The number of hydrogen-bond acceptors (Lipinski definition) is 12. The summed E-state index contributed by atoms with van der Waals surface area (Å²) in [6.07, 6.45) is 4.80. The molecular weight excluding hydrogens is 852 g/mol. The molecule has 348 valence electrons. The number of aromatic nitrogens is 2.